The van der Waals surface area contributed by atoms with E-state index in [0.717, 1.165) is 40.6 Å². The molecule has 0 fully saturated rings. The lowest BCUT2D eigenvalue weighted by molar-refractivity contribution is 0.457. The third-order valence-corrected chi connectivity index (χ3v) is 5.54. The highest BCUT2D eigenvalue weighted by molar-refractivity contribution is 6.31. The van der Waals surface area contributed by atoms with Crippen LogP contribution in [0.2, 0.25) is 5.02 Å². The molecular formula is C25H25ClN4O. The Hall–Kier alpha value is -3.12. The maximum atomic E-state index is 10.7. The topological polar surface area (TPSA) is 100 Å². The molecule has 4 rings (SSSR count). The normalized spacial score (nSPS) is 12.9. The SMILES string of the molecule is NCCCC(N)c1ccc(N=C(c2ccccc2)c2c(O)[nH]c3cc(Cl)ccc23)cc1. The summed E-state index contributed by atoms with van der Waals surface area (Å²) in [7, 11) is 0. The molecule has 31 heavy (non-hydrogen) atoms. The van der Waals surface area contributed by atoms with E-state index in [9.17, 15) is 5.11 Å². The van der Waals surface area contributed by atoms with Gasteiger partial charge in [-0.25, -0.2) is 4.99 Å². The van der Waals surface area contributed by atoms with Gasteiger partial charge in [0.2, 0.25) is 0 Å². The van der Waals surface area contributed by atoms with E-state index in [2.05, 4.69) is 4.98 Å². The number of benzene rings is 3. The van der Waals surface area contributed by atoms with E-state index in [0.29, 0.717) is 22.8 Å². The van der Waals surface area contributed by atoms with Gasteiger partial charge in [-0.1, -0.05) is 60.1 Å². The van der Waals surface area contributed by atoms with Crippen LogP contribution in [0.15, 0.2) is 77.8 Å². The molecule has 6 heteroatoms. The van der Waals surface area contributed by atoms with Gasteiger partial charge in [-0.05, 0) is 49.2 Å². The molecule has 5 nitrogen and oxygen atoms in total. The Morgan fingerprint density at radius 2 is 1.77 bits per heavy atom. The van der Waals surface area contributed by atoms with Crippen LogP contribution in [0.1, 0.15) is 35.6 Å². The van der Waals surface area contributed by atoms with E-state index < -0.39 is 0 Å². The van der Waals surface area contributed by atoms with E-state index in [-0.39, 0.29) is 11.9 Å². The number of nitrogens with one attached hydrogen (secondary N) is 1. The van der Waals surface area contributed by atoms with E-state index in [1.54, 1.807) is 12.1 Å². The highest BCUT2D eigenvalue weighted by atomic mass is 35.5. The van der Waals surface area contributed by atoms with Crippen LogP contribution in [-0.2, 0) is 0 Å². The van der Waals surface area contributed by atoms with E-state index in [1.807, 2.05) is 60.7 Å². The van der Waals surface area contributed by atoms with Crippen molar-refractivity contribution < 1.29 is 5.11 Å². The van der Waals surface area contributed by atoms with Gasteiger partial charge in [0, 0.05) is 22.0 Å². The Morgan fingerprint density at radius 3 is 2.48 bits per heavy atom. The van der Waals surface area contributed by atoms with Crippen molar-refractivity contribution in [3.63, 3.8) is 0 Å². The number of aromatic nitrogens is 1. The lowest BCUT2D eigenvalue weighted by Crippen LogP contribution is -2.12. The third kappa shape index (κ3) is 4.64. The number of aromatic hydroxyl groups is 1. The zero-order valence-electron chi connectivity index (χ0n) is 17.1. The molecule has 0 saturated heterocycles. The zero-order chi connectivity index (χ0) is 21.8. The van der Waals surface area contributed by atoms with Crippen LogP contribution in [0.4, 0.5) is 5.69 Å². The minimum Gasteiger partial charge on any atom is -0.494 e. The molecule has 3 aromatic carbocycles. The smallest absolute Gasteiger partial charge is 0.199 e. The van der Waals surface area contributed by atoms with Crippen molar-refractivity contribution in [2.75, 3.05) is 6.54 Å². The van der Waals surface area contributed by atoms with Crippen LogP contribution in [0.25, 0.3) is 10.9 Å². The number of hydrogen-bond acceptors (Lipinski definition) is 4. The quantitative estimate of drug-likeness (QED) is 0.293. The van der Waals surface area contributed by atoms with Gasteiger partial charge in [-0.15, -0.1) is 0 Å². The summed E-state index contributed by atoms with van der Waals surface area (Å²) in [6, 6.07) is 23.1. The number of nitrogens with zero attached hydrogens (tertiary/aromatic N) is 1. The fourth-order valence-corrected chi connectivity index (χ4v) is 3.86. The summed E-state index contributed by atoms with van der Waals surface area (Å²) in [5, 5.41) is 12.2. The summed E-state index contributed by atoms with van der Waals surface area (Å²) in [4.78, 5) is 7.92. The number of nitrogens with two attached hydrogens (primary N) is 2. The average Bonchev–Trinajstić information content (AvgIpc) is 3.11. The first kappa shape index (κ1) is 21.1. The van der Waals surface area contributed by atoms with Gasteiger partial charge in [0.15, 0.2) is 5.88 Å². The first-order chi connectivity index (χ1) is 15.1. The Morgan fingerprint density at radius 1 is 1.03 bits per heavy atom. The van der Waals surface area contributed by atoms with E-state index >= 15 is 0 Å². The monoisotopic (exact) mass is 432 g/mol. The molecule has 0 aliphatic heterocycles. The highest BCUT2D eigenvalue weighted by Crippen LogP contribution is 2.33. The second kappa shape index (κ2) is 9.35. The molecule has 4 aromatic rings. The predicted molar refractivity (Wildman–Crippen MR) is 128 cm³/mol. The van der Waals surface area contributed by atoms with E-state index in [1.165, 1.54) is 0 Å². The van der Waals surface area contributed by atoms with Crippen molar-refractivity contribution in [2.45, 2.75) is 18.9 Å². The molecule has 0 aliphatic carbocycles. The summed E-state index contributed by atoms with van der Waals surface area (Å²) in [6.07, 6.45) is 1.74. The van der Waals surface area contributed by atoms with Crippen molar-refractivity contribution in [1.29, 1.82) is 0 Å². The van der Waals surface area contributed by atoms with Gasteiger partial charge < -0.3 is 21.6 Å². The van der Waals surface area contributed by atoms with Crippen LogP contribution >= 0.6 is 11.6 Å². The summed E-state index contributed by atoms with van der Waals surface area (Å²) in [6.45, 7) is 0.635. The third-order valence-electron chi connectivity index (χ3n) is 5.31. The van der Waals surface area contributed by atoms with Crippen molar-refractivity contribution >= 4 is 33.9 Å². The van der Waals surface area contributed by atoms with Crippen LogP contribution in [-0.4, -0.2) is 22.3 Å². The molecule has 1 unspecified atom stereocenters. The standard InChI is InChI=1S/C25H25ClN4O/c26-18-10-13-20-22(15-18)30-25(31)23(20)24(17-5-2-1-3-6-17)29-19-11-8-16(9-12-19)21(28)7-4-14-27/h1-3,5-6,8-13,15,21,30-31H,4,7,14,27-28H2. The van der Waals surface area contributed by atoms with Crippen LogP contribution in [0.3, 0.4) is 0 Å². The number of H-pyrrole nitrogens is 1. The summed E-state index contributed by atoms with van der Waals surface area (Å²) < 4.78 is 0. The molecular weight excluding hydrogens is 408 g/mol. The molecule has 0 saturated carbocycles. The van der Waals surface area contributed by atoms with Gasteiger partial charge >= 0.3 is 0 Å². The van der Waals surface area contributed by atoms with Gasteiger partial charge in [0.25, 0.3) is 0 Å². The number of aromatic amines is 1. The maximum absolute atomic E-state index is 10.7. The molecule has 1 heterocycles. The van der Waals surface area contributed by atoms with Crippen LogP contribution in [0.5, 0.6) is 5.88 Å². The number of hydrogen-bond donors (Lipinski definition) is 4. The van der Waals surface area contributed by atoms with Gasteiger partial charge in [0.05, 0.1) is 22.5 Å². The van der Waals surface area contributed by atoms with Crippen LogP contribution in [0, 0.1) is 0 Å². The summed E-state index contributed by atoms with van der Waals surface area (Å²) >= 11 is 6.13. The molecule has 0 amide bonds. The molecule has 1 atom stereocenters. The van der Waals surface area contributed by atoms with Crippen molar-refractivity contribution in [2.24, 2.45) is 16.5 Å². The maximum Gasteiger partial charge on any atom is 0.199 e. The minimum absolute atomic E-state index is 0.0439. The summed E-state index contributed by atoms with van der Waals surface area (Å²) in [5.41, 5.74) is 16.6. The minimum atomic E-state index is -0.0439. The molecule has 158 valence electrons. The predicted octanol–water partition coefficient (Wildman–Crippen LogP) is 5.43. The largest absolute Gasteiger partial charge is 0.494 e. The van der Waals surface area contributed by atoms with Crippen molar-refractivity contribution in [3.05, 3.63) is 94.5 Å². The Balaban J connectivity index is 1.79. The second-order valence-corrected chi connectivity index (χ2v) is 7.93. The number of halogens is 1. The molecule has 1 aromatic heterocycles. The molecule has 0 radical (unpaired) electrons. The van der Waals surface area contributed by atoms with E-state index in [4.69, 9.17) is 28.1 Å². The molecule has 0 spiro atoms. The first-order valence-corrected chi connectivity index (χ1v) is 10.6. The Labute approximate surface area is 186 Å². The highest BCUT2D eigenvalue weighted by Gasteiger charge is 2.19. The first-order valence-electron chi connectivity index (χ1n) is 10.3. The second-order valence-electron chi connectivity index (χ2n) is 7.49. The lowest BCUT2D eigenvalue weighted by atomic mass is 10.0. The van der Waals surface area contributed by atoms with Gasteiger partial charge in [-0.2, -0.15) is 0 Å². The van der Waals surface area contributed by atoms with Crippen molar-refractivity contribution in [1.82, 2.24) is 4.98 Å². The lowest BCUT2D eigenvalue weighted by Gasteiger charge is -2.12. The number of fused-ring (bicyclic) bond motifs is 1. The van der Waals surface area contributed by atoms with Gasteiger partial charge in [-0.3, -0.25) is 0 Å². The molecule has 0 bridgehead atoms. The molecule has 6 N–H and O–H groups in total. The zero-order valence-corrected chi connectivity index (χ0v) is 17.8. The Kier molecular flexibility index (Phi) is 6.37. The van der Waals surface area contributed by atoms with Crippen LogP contribution < -0.4 is 11.5 Å². The average molecular weight is 433 g/mol. The fraction of sp³-hybridized carbons (Fsp3) is 0.160. The fourth-order valence-electron chi connectivity index (χ4n) is 3.69. The summed E-state index contributed by atoms with van der Waals surface area (Å²) in [5.74, 6) is 0.0558. The van der Waals surface area contributed by atoms with Gasteiger partial charge in [0.1, 0.15) is 0 Å². The Bertz CT molecular complexity index is 1200. The van der Waals surface area contributed by atoms with Crippen molar-refractivity contribution in [3.8, 4) is 5.88 Å². The number of aliphatic imine (C=N–C) groups is 1. The molecule has 0 aliphatic rings. The number of rotatable bonds is 7.